The molecule has 1 heterocycles. The fourth-order valence-corrected chi connectivity index (χ4v) is 2.25. The predicted molar refractivity (Wildman–Crippen MR) is 79.5 cm³/mol. The first kappa shape index (κ1) is 15.1. The molecule has 0 fully saturated rings. The predicted octanol–water partition coefficient (Wildman–Crippen LogP) is 2.75. The summed E-state index contributed by atoms with van der Waals surface area (Å²) in [6, 6.07) is 6.72. The summed E-state index contributed by atoms with van der Waals surface area (Å²) in [4.78, 5) is 0. The van der Waals surface area contributed by atoms with Gasteiger partial charge >= 0.3 is 0 Å². The van der Waals surface area contributed by atoms with Crippen molar-refractivity contribution in [3.63, 3.8) is 0 Å². The molecule has 0 aromatic heterocycles. The molecule has 1 unspecified atom stereocenters. The molecule has 0 aliphatic carbocycles. The summed E-state index contributed by atoms with van der Waals surface area (Å²) in [5, 5.41) is 3.53. The maximum Gasteiger partial charge on any atom is 0.231 e. The smallest absolute Gasteiger partial charge is 0.231 e. The average Bonchev–Trinajstić information content (AvgIpc) is 2.92. The van der Waals surface area contributed by atoms with Crippen LogP contribution in [0.2, 0.25) is 0 Å². The molecule has 2 rings (SSSR count). The highest BCUT2D eigenvalue weighted by atomic mass is 16.7. The number of rotatable bonds is 9. The molecule has 0 radical (unpaired) electrons. The Balaban J connectivity index is 1.64. The van der Waals surface area contributed by atoms with E-state index in [1.165, 1.54) is 5.56 Å². The molecule has 112 valence electrons. The van der Waals surface area contributed by atoms with Crippen LogP contribution in [0.5, 0.6) is 11.5 Å². The third kappa shape index (κ3) is 4.69. The number of nitrogens with one attached hydrogen (secondary N) is 1. The first-order chi connectivity index (χ1) is 9.79. The van der Waals surface area contributed by atoms with Gasteiger partial charge in [0.1, 0.15) is 0 Å². The highest BCUT2D eigenvalue weighted by Gasteiger charge is 2.13. The van der Waals surface area contributed by atoms with Crippen LogP contribution in [0, 0.1) is 0 Å². The highest BCUT2D eigenvalue weighted by Crippen LogP contribution is 2.32. The van der Waals surface area contributed by atoms with Crippen molar-refractivity contribution in [1.29, 1.82) is 0 Å². The molecular formula is C16H25NO3. The average molecular weight is 279 g/mol. The summed E-state index contributed by atoms with van der Waals surface area (Å²) in [5.74, 6) is 1.73. The van der Waals surface area contributed by atoms with Gasteiger partial charge in [0.15, 0.2) is 11.5 Å². The molecule has 4 heteroatoms. The Labute approximate surface area is 121 Å². The first-order valence-corrected chi connectivity index (χ1v) is 7.49. The van der Waals surface area contributed by atoms with Crippen molar-refractivity contribution < 1.29 is 14.2 Å². The molecule has 1 aliphatic heterocycles. The standard InChI is InChI=1S/C16H25NO3/c1-3-18-10-4-9-17-13(2)5-6-14-7-8-15-16(11-14)20-12-19-15/h7-8,11,13,17H,3-6,9-10,12H2,1-2H3. The Hall–Kier alpha value is -1.26. The van der Waals surface area contributed by atoms with E-state index in [1.54, 1.807) is 0 Å². The van der Waals surface area contributed by atoms with Crippen molar-refractivity contribution in [1.82, 2.24) is 5.32 Å². The Kier molecular flexibility index (Phi) is 6.15. The summed E-state index contributed by atoms with van der Waals surface area (Å²) in [6.07, 6.45) is 3.24. The van der Waals surface area contributed by atoms with Gasteiger partial charge in [-0.1, -0.05) is 6.07 Å². The molecule has 0 saturated carbocycles. The lowest BCUT2D eigenvalue weighted by molar-refractivity contribution is 0.144. The van der Waals surface area contributed by atoms with Crippen LogP contribution in [0.1, 0.15) is 32.3 Å². The van der Waals surface area contributed by atoms with Gasteiger partial charge in [0.2, 0.25) is 6.79 Å². The minimum Gasteiger partial charge on any atom is -0.454 e. The third-order valence-electron chi connectivity index (χ3n) is 3.47. The fourth-order valence-electron chi connectivity index (χ4n) is 2.25. The van der Waals surface area contributed by atoms with Crippen LogP contribution < -0.4 is 14.8 Å². The Bertz CT molecular complexity index is 409. The second-order valence-corrected chi connectivity index (χ2v) is 5.13. The monoisotopic (exact) mass is 279 g/mol. The van der Waals surface area contributed by atoms with E-state index in [-0.39, 0.29) is 0 Å². The SMILES string of the molecule is CCOCCCNC(C)CCc1ccc2c(c1)OCO2. The summed E-state index contributed by atoms with van der Waals surface area (Å²) >= 11 is 0. The van der Waals surface area contributed by atoms with E-state index >= 15 is 0 Å². The van der Waals surface area contributed by atoms with Crippen molar-refractivity contribution in [2.75, 3.05) is 26.6 Å². The summed E-state index contributed by atoms with van der Waals surface area (Å²) in [6.45, 7) is 7.27. The van der Waals surface area contributed by atoms with Crippen LogP contribution >= 0.6 is 0 Å². The second-order valence-electron chi connectivity index (χ2n) is 5.13. The van der Waals surface area contributed by atoms with Crippen molar-refractivity contribution >= 4 is 0 Å². The van der Waals surface area contributed by atoms with Crippen LogP contribution in [-0.4, -0.2) is 32.6 Å². The Morgan fingerprint density at radius 1 is 1.30 bits per heavy atom. The van der Waals surface area contributed by atoms with Gasteiger partial charge in [-0.3, -0.25) is 0 Å². The molecule has 4 nitrogen and oxygen atoms in total. The number of aryl methyl sites for hydroxylation is 1. The van der Waals surface area contributed by atoms with Crippen LogP contribution in [0.4, 0.5) is 0 Å². The zero-order valence-corrected chi connectivity index (χ0v) is 12.5. The van der Waals surface area contributed by atoms with Gasteiger partial charge in [0.05, 0.1) is 0 Å². The Morgan fingerprint density at radius 3 is 3.00 bits per heavy atom. The van der Waals surface area contributed by atoms with E-state index in [0.717, 1.165) is 50.5 Å². The van der Waals surface area contributed by atoms with Crippen molar-refractivity contribution in [2.45, 2.75) is 39.2 Å². The van der Waals surface area contributed by atoms with Gasteiger partial charge in [0.25, 0.3) is 0 Å². The normalized spacial score (nSPS) is 14.5. The minimum absolute atomic E-state index is 0.344. The van der Waals surface area contributed by atoms with Crippen LogP contribution in [-0.2, 0) is 11.2 Å². The number of fused-ring (bicyclic) bond motifs is 1. The van der Waals surface area contributed by atoms with E-state index in [1.807, 2.05) is 13.0 Å². The lowest BCUT2D eigenvalue weighted by Crippen LogP contribution is -2.28. The fraction of sp³-hybridized carbons (Fsp3) is 0.625. The van der Waals surface area contributed by atoms with Crippen LogP contribution in [0.3, 0.4) is 0 Å². The third-order valence-corrected chi connectivity index (χ3v) is 3.47. The summed E-state index contributed by atoms with van der Waals surface area (Å²) < 4.78 is 16.0. The molecule has 0 saturated heterocycles. The van der Waals surface area contributed by atoms with E-state index in [4.69, 9.17) is 14.2 Å². The molecule has 1 atom stereocenters. The summed E-state index contributed by atoms with van der Waals surface area (Å²) in [7, 11) is 0. The zero-order valence-electron chi connectivity index (χ0n) is 12.5. The molecular weight excluding hydrogens is 254 g/mol. The molecule has 0 spiro atoms. The highest BCUT2D eigenvalue weighted by molar-refractivity contribution is 5.44. The topological polar surface area (TPSA) is 39.7 Å². The molecule has 1 aromatic carbocycles. The van der Waals surface area contributed by atoms with Gasteiger partial charge in [-0.15, -0.1) is 0 Å². The van der Waals surface area contributed by atoms with E-state index in [2.05, 4.69) is 24.4 Å². The molecule has 1 aromatic rings. The van der Waals surface area contributed by atoms with Crippen molar-refractivity contribution in [2.24, 2.45) is 0 Å². The Morgan fingerprint density at radius 2 is 2.15 bits per heavy atom. The van der Waals surface area contributed by atoms with E-state index < -0.39 is 0 Å². The number of hydrogen-bond acceptors (Lipinski definition) is 4. The van der Waals surface area contributed by atoms with Gasteiger partial charge in [-0.05, 0) is 57.4 Å². The van der Waals surface area contributed by atoms with Crippen LogP contribution in [0.25, 0.3) is 0 Å². The maximum absolute atomic E-state index is 5.40. The quantitative estimate of drug-likeness (QED) is 0.706. The van der Waals surface area contributed by atoms with Gasteiger partial charge in [-0.2, -0.15) is 0 Å². The largest absolute Gasteiger partial charge is 0.454 e. The molecule has 1 N–H and O–H groups in total. The first-order valence-electron chi connectivity index (χ1n) is 7.49. The maximum atomic E-state index is 5.40. The van der Waals surface area contributed by atoms with E-state index in [9.17, 15) is 0 Å². The lowest BCUT2D eigenvalue weighted by atomic mass is 10.1. The number of hydrogen-bond donors (Lipinski definition) is 1. The van der Waals surface area contributed by atoms with Crippen molar-refractivity contribution in [3.05, 3.63) is 23.8 Å². The lowest BCUT2D eigenvalue weighted by Gasteiger charge is -2.13. The number of benzene rings is 1. The van der Waals surface area contributed by atoms with Crippen molar-refractivity contribution in [3.8, 4) is 11.5 Å². The van der Waals surface area contributed by atoms with Gasteiger partial charge < -0.3 is 19.5 Å². The molecule has 0 amide bonds. The molecule has 20 heavy (non-hydrogen) atoms. The van der Waals surface area contributed by atoms with Gasteiger partial charge in [-0.25, -0.2) is 0 Å². The minimum atomic E-state index is 0.344. The van der Waals surface area contributed by atoms with Gasteiger partial charge in [0, 0.05) is 19.3 Å². The molecule has 1 aliphatic rings. The second kappa shape index (κ2) is 8.12. The molecule has 0 bridgehead atoms. The van der Waals surface area contributed by atoms with Crippen LogP contribution in [0.15, 0.2) is 18.2 Å². The number of ether oxygens (including phenoxy) is 3. The summed E-state index contributed by atoms with van der Waals surface area (Å²) in [5.41, 5.74) is 1.30. The van der Waals surface area contributed by atoms with E-state index in [0.29, 0.717) is 12.8 Å². The zero-order chi connectivity index (χ0) is 14.2.